The average molecular weight is 428 g/mol. The lowest BCUT2D eigenvalue weighted by Crippen LogP contribution is -2.40. The number of nitrogens with zero attached hydrogens (tertiary/aromatic N) is 2. The summed E-state index contributed by atoms with van der Waals surface area (Å²) in [6.07, 6.45) is 0. The molecule has 3 N–H and O–H groups in total. The van der Waals surface area contributed by atoms with Crippen LogP contribution in [0.25, 0.3) is 0 Å². The maximum absolute atomic E-state index is 12.3. The number of hydrogen-bond acceptors (Lipinski definition) is 5. The van der Waals surface area contributed by atoms with E-state index in [0.29, 0.717) is 16.9 Å². The molecule has 0 saturated heterocycles. The Kier molecular flexibility index (Phi) is 7.68. The zero-order valence-electron chi connectivity index (χ0n) is 18.5. The van der Waals surface area contributed by atoms with Crippen molar-refractivity contribution in [3.63, 3.8) is 0 Å². The van der Waals surface area contributed by atoms with Crippen LogP contribution in [0.2, 0.25) is 0 Å². The van der Waals surface area contributed by atoms with Gasteiger partial charge in [-0.05, 0) is 44.2 Å². The number of hydrogen-bond donors (Lipinski definition) is 3. The second-order valence-electron chi connectivity index (χ2n) is 8.26. The molecule has 0 aliphatic heterocycles. The Balaban J connectivity index is 1.81. The molecule has 0 saturated carbocycles. The van der Waals surface area contributed by atoms with Gasteiger partial charge in [0, 0.05) is 35.8 Å². The highest BCUT2D eigenvalue weighted by atomic mass is 16.2. The molecule has 0 aliphatic rings. The molecular weight excluding hydrogens is 398 g/mol. The van der Waals surface area contributed by atoms with E-state index < -0.39 is 11.5 Å². The summed E-state index contributed by atoms with van der Waals surface area (Å²) >= 11 is 0. The summed E-state index contributed by atoms with van der Waals surface area (Å²) in [6.45, 7) is 9.20. The molecule has 2 rings (SSSR count). The highest BCUT2D eigenvalue weighted by Crippen LogP contribution is 2.17. The van der Waals surface area contributed by atoms with Crippen molar-refractivity contribution in [2.75, 3.05) is 18.4 Å². The summed E-state index contributed by atoms with van der Waals surface area (Å²) < 4.78 is 1.13. The number of benzene rings is 1. The van der Waals surface area contributed by atoms with Gasteiger partial charge in [0.2, 0.25) is 11.8 Å². The predicted octanol–water partition coefficient (Wildman–Crippen LogP) is 1.64. The predicted molar refractivity (Wildman–Crippen MR) is 118 cm³/mol. The van der Waals surface area contributed by atoms with Crippen LogP contribution < -0.4 is 21.5 Å². The van der Waals surface area contributed by atoms with Crippen LogP contribution in [0.5, 0.6) is 0 Å². The third kappa shape index (κ3) is 6.77. The highest BCUT2D eigenvalue weighted by Gasteiger charge is 2.21. The van der Waals surface area contributed by atoms with Crippen LogP contribution in [-0.4, -0.2) is 40.6 Å². The number of aromatic nitrogens is 2. The van der Waals surface area contributed by atoms with Gasteiger partial charge in [0.1, 0.15) is 6.04 Å². The number of anilines is 1. The van der Waals surface area contributed by atoms with E-state index in [2.05, 4.69) is 21.0 Å². The Morgan fingerprint density at radius 3 is 2.23 bits per heavy atom. The number of carbonyl (C=O) groups is 3. The lowest BCUT2D eigenvalue weighted by Gasteiger charge is -2.17. The summed E-state index contributed by atoms with van der Waals surface area (Å²) in [5.74, 6) is -0.779. The van der Waals surface area contributed by atoms with Crippen molar-refractivity contribution in [1.29, 1.82) is 0 Å². The Morgan fingerprint density at radius 2 is 1.61 bits per heavy atom. The van der Waals surface area contributed by atoms with E-state index in [9.17, 15) is 19.2 Å². The summed E-state index contributed by atoms with van der Waals surface area (Å²) in [5, 5.41) is 12.3. The van der Waals surface area contributed by atoms with E-state index in [4.69, 9.17) is 0 Å². The van der Waals surface area contributed by atoms with Gasteiger partial charge >= 0.3 is 0 Å². The summed E-state index contributed by atoms with van der Waals surface area (Å²) in [7, 11) is 0. The fourth-order valence-electron chi connectivity index (χ4n) is 2.54. The topological polar surface area (TPSA) is 122 Å². The molecule has 1 heterocycles. The van der Waals surface area contributed by atoms with Gasteiger partial charge in [-0.1, -0.05) is 20.8 Å². The number of aryl methyl sites for hydroxylation is 1. The molecule has 3 amide bonds. The normalized spacial score (nSPS) is 12.0. The molecule has 1 atom stereocenters. The Bertz CT molecular complexity index is 1010. The molecule has 9 heteroatoms. The van der Waals surface area contributed by atoms with Crippen LogP contribution in [0.15, 0.2) is 41.2 Å². The third-order valence-electron chi connectivity index (χ3n) is 4.50. The smallest absolute Gasteiger partial charge is 0.267 e. The van der Waals surface area contributed by atoms with Crippen LogP contribution in [0.4, 0.5) is 5.69 Å². The zero-order valence-corrected chi connectivity index (χ0v) is 18.5. The molecule has 1 aromatic carbocycles. The van der Waals surface area contributed by atoms with Crippen molar-refractivity contribution < 1.29 is 14.4 Å². The first-order chi connectivity index (χ1) is 14.5. The minimum atomic E-state index is -0.765. The number of carbonyl (C=O) groups excluding carboxylic acids is 3. The lowest BCUT2D eigenvalue weighted by molar-refractivity contribution is -0.124. The van der Waals surface area contributed by atoms with Crippen LogP contribution in [0.1, 0.15) is 49.8 Å². The molecule has 9 nitrogen and oxygen atoms in total. The molecule has 0 radical (unpaired) electrons. The average Bonchev–Trinajstić information content (AvgIpc) is 2.71. The SMILES string of the molecule is Cc1ccc(=O)n(C(C)C(=O)NCCNC(=O)c2ccc(NC(=O)C(C)(C)C)cc2)n1. The van der Waals surface area contributed by atoms with Gasteiger partial charge in [-0.3, -0.25) is 19.2 Å². The molecule has 0 bridgehead atoms. The second kappa shape index (κ2) is 10.0. The van der Waals surface area contributed by atoms with Gasteiger partial charge in [0.05, 0.1) is 5.69 Å². The Labute approximate surface area is 181 Å². The van der Waals surface area contributed by atoms with Crippen molar-refractivity contribution in [2.45, 2.75) is 40.7 Å². The highest BCUT2D eigenvalue weighted by molar-refractivity contribution is 5.97. The van der Waals surface area contributed by atoms with Crippen molar-refractivity contribution in [2.24, 2.45) is 5.41 Å². The van der Waals surface area contributed by atoms with Crippen LogP contribution in [0, 0.1) is 12.3 Å². The molecule has 2 aromatic rings. The molecular formula is C22H29N5O4. The fraction of sp³-hybridized carbons (Fsp3) is 0.409. The quantitative estimate of drug-likeness (QED) is 0.580. The van der Waals surface area contributed by atoms with Gasteiger partial charge in [-0.2, -0.15) is 5.10 Å². The van der Waals surface area contributed by atoms with Crippen molar-refractivity contribution in [3.8, 4) is 0 Å². The molecule has 0 aliphatic carbocycles. The summed E-state index contributed by atoms with van der Waals surface area (Å²) in [4.78, 5) is 48.4. The molecule has 31 heavy (non-hydrogen) atoms. The van der Waals surface area contributed by atoms with Crippen molar-refractivity contribution >= 4 is 23.4 Å². The first kappa shape index (κ1) is 23.8. The maximum atomic E-state index is 12.3. The van der Waals surface area contributed by atoms with Crippen molar-refractivity contribution in [3.05, 3.63) is 58.0 Å². The van der Waals surface area contributed by atoms with E-state index in [1.807, 2.05) is 20.8 Å². The molecule has 0 spiro atoms. The first-order valence-corrected chi connectivity index (χ1v) is 10.0. The van der Waals surface area contributed by atoms with Gasteiger partial charge in [-0.25, -0.2) is 4.68 Å². The fourth-order valence-corrected chi connectivity index (χ4v) is 2.54. The van der Waals surface area contributed by atoms with E-state index in [-0.39, 0.29) is 36.4 Å². The van der Waals surface area contributed by atoms with Gasteiger partial charge in [0.25, 0.3) is 11.5 Å². The van der Waals surface area contributed by atoms with Crippen molar-refractivity contribution in [1.82, 2.24) is 20.4 Å². The summed E-state index contributed by atoms with van der Waals surface area (Å²) in [6, 6.07) is 8.74. The lowest BCUT2D eigenvalue weighted by atomic mass is 9.95. The van der Waals surface area contributed by atoms with Crippen LogP contribution in [0.3, 0.4) is 0 Å². The minimum Gasteiger partial charge on any atom is -0.352 e. The standard InChI is InChI=1S/C22H29N5O4/c1-14-6-11-18(28)27(26-14)15(2)19(29)23-12-13-24-20(30)16-7-9-17(10-8-16)25-21(31)22(3,4)5/h6-11,15H,12-13H2,1-5H3,(H,23,29)(H,24,30)(H,25,31). The molecule has 1 aromatic heterocycles. The third-order valence-corrected chi connectivity index (χ3v) is 4.50. The minimum absolute atomic E-state index is 0.113. The zero-order chi connectivity index (χ0) is 23.2. The van der Waals surface area contributed by atoms with E-state index >= 15 is 0 Å². The largest absolute Gasteiger partial charge is 0.352 e. The second-order valence-corrected chi connectivity index (χ2v) is 8.26. The number of nitrogens with one attached hydrogen (secondary N) is 3. The Morgan fingerprint density at radius 1 is 1.00 bits per heavy atom. The van der Waals surface area contributed by atoms with Gasteiger partial charge in [-0.15, -0.1) is 0 Å². The molecule has 166 valence electrons. The van der Waals surface area contributed by atoms with E-state index in [0.717, 1.165) is 4.68 Å². The molecule has 1 unspecified atom stereocenters. The van der Waals surface area contributed by atoms with Crippen LogP contribution >= 0.6 is 0 Å². The van der Waals surface area contributed by atoms with E-state index in [1.165, 1.54) is 6.07 Å². The first-order valence-electron chi connectivity index (χ1n) is 10.0. The van der Waals surface area contributed by atoms with Gasteiger partial charge in [0.15, 0.2) is 0 Å². The van der Waals surface area contributed by atoms with Crippen LogP contribution in [-0.2, 0) is 9.59 Å². The van der Waals surface area contributed by atoms with E-state index in [1.54, 1.807) is 44.2 Å². The van der Waals surface area contributed by atoms with Gasteiger partial charge < -0.3 is 16.0 Å². The summed E-state index contributed by atoms with van der Waals surface area (Å²) in [5.41, 5.74) is 0.808. The number of rotatable bonds is 7. The monoisotopic (exact) mass is 427 g/mol. The Hall–Kier alpha value is -3.49. The number of amides is 3. The molecule has 0 fully saturated rings. The maximum Gasteiger partial charge on any atom is 0.267 e.